The molecule has 0 aromatic carbocycles. The maximum atomic E-state index is 6.40. The fourth-order valence-corrected chi connectivity index (χ4v) is 3.16. The van der Waals surface area contributed by atoms with Gasteiger partial charge in [0.1, 0.15) is 0 Å². The van der Waals surface area contributed by atoms with E-state index in [0.717, 1.165) is 42.5 Å². The zero-order valence-corrected chi connectivity index (χ0v) is 15.5. The SMILES string of the molecule is CCCNC(CSC(C)C)c1c(Cl)cnn1CCN(C)C. The van der Waals surface area contributed by atoms with Crippen LogP contribution < -0.4 is 5.32 Å². The Bertz CT molecular complexity index is 406. The summed E-state index contributed by atoms with van der Waals surface area (Å²) in [7, 11) is 4.15. The summed E-state index contributed by atoms with van der Waals surface area (Å²) in [4.78, 5) is 2.16. The Morgan fingerprint density at radius 3 is 2.71 bits per heavy atom. The number of nitrogens with one attached hydrogen (secondary N) is 1. The van der Waals surface area contributed by atoms with Crippen molar-refractivity contribution < 1.29 is 0 Å². The van der Waals surface area contributed by atoms with Gasteiger partial charge in [-0.1, -0.05) is 32.4 Å². The minimum absolute atomic E-state index is 0.259. The molecule has 0 fully saturated rings. The second kappa shape index (κ2) is 9.72. The Morgan fingerprint density at radius 2 is 2.14 bits per heavy atom. The maximum absolute atomic E-state index is 6.40. The Morgan fingerprint density at radius 1 is 1.43 bits per heavy atom. The van der Waals surface area contributed by atoms with Crippen LogP contribution in [0.3, 0.4) is 0 Å². The average molecular weight is 333 g/mol. The average Bonchev–Trinajstić information content (AvgIpc) is 2.78. The summed E-state index contributed by atoms with van der Waals surface area (Å²) < 4.78 is 2.05. The molecule has 0 radical (unpaired) electrons. The highest BCUT2D eigenvalue weighted by atomic mass is 35.5. The second-order valence-corrected chi connectivity index (χ2v) is 7.81. The first-order valence-corrected chi connectivity index (χ1v) is 9.09. The number of nitrogens with zero attached hydrogens (tertiary/aromatic N) is 3. The molecule has 1 N–H and O–H groups in total. The molecule has 1 heterocycles. The fourth-order valence-electron chi connectivity index (χ4n) is 2.03. The number of halogens is 1. The van der Waals surface area contributed by atoms with Crippen LogP contribution in [0.25, 0.3) is 0 Å². The molecule has 0 saturated carbocycles. The number of hydrogen-bond donors (Lipinski definition) is 1. The van der Waals surface area contributed by atoms with Gasteiger partial charge < -0.3 is 10.2 Å². The van der Waals surface area contributed by atoms with Gasteiger partial charge in [0, 0.05) is 12.3 Å². The van der Waals surface area contributed by atoms with Gasteiger partial charge in [0.2, 0.25) is 0 Å². The van der Waals surface area contributed by atoms with Crippen molar-refractivity contribution in [2.75, 3.05) is 32.9 Å². The highest BCUT2D eigenvalue weighted by Crippen LogP contribution is 2.27. The molecule has 1 rings (SSSR count). The third-order valence-electron chi connectivity index (χ3n) is 3.16. The lowest BCUT2D eigenvalue weighted by molar-refractivity contribution is 0.364. The molecule has 1 aromatic heterocycles. The molecule has 4 nitrogen and oxygen atoms in total. The Hall–Kier alpha value is -0.230. The molecular weight excluding hydrogens is 304 g/mol. The van der Waals surface area contributed by atoms with Crippen molar-refractivity contribution in [1.82, 2.24) is 20.0 Å². The molecule has 0 aliphatic rings. The van der Waals surface area contributed by atoms with Gasteiger partial charge in [-0.3, -0.25) is 4.68 Å². The van der Waals surface area contributed by atoms with E-state index in [2.05, 4.69) is 54.9 Å². The van der Waals surface area contributed by atoms with E-state index in [1.807, 2.05) is 11.8 Å². The summed E-state index contributed by atoms with van der Waals surface area (Å²) in [6.07, 6.45) is 2.89. The molecule has 1 aromatic rings. The summed E-state index contributed by atoms with van der Waals surface area (Å²) in [5.41, 5.74) is 1.13. The highest BCUT2D eigenvalue weighted by Gasteiger charge is 2.20. The van der Waals surface area contributed by atoms with Crippen molar-refractivity contribution in [3.63, 3.8) is 0 Å². The van der Waals surface area contributed by atoms with Crippen molar-refractivity contribution in [3.8, 4) is 0 Å². The molecule has 122 valence electrons. The van der Waals surface area contributed by atoms with E-state index in [-0.39, 0.29) is 6.04 Å². The molecule has 0 spiro atoms. The first kappa shape index (κ1) is 18.8. The molecule has 21 heavy (non-hydrogen) atoms. The molecule has 1 atom stereocenters. The van der Waals surface area contributed by atoms with E-state index in [1.165, 1.54) is 0 Å². The quantitative estimate of drug-likeness (QED) is 0.713. The minimum Gasteiger partial charge on any atom is -0.308 e. The van der Waals surface area contributed by atoms with Crippen molar-refractivity contribution in [2.24, 2.45) is 0 Å². The van der Waals surface area contributed by atoms with Gasteiger partial charge in [-0.25, -0.2) is 0 Å². The van der Waals surface area contributed by atoms with Crippen molar-refractivity contribution in [2.45, 2.75) is 45.0 Å². The lowest BCUT2D eigenvalue weighted by atomic mass is 10.2. The fraction of sp³-hybridized carbons (Fsp3) is 0.800. The number of thioether (sulfide) groups is 1. The summed E-state index contributed by atoms with van der Waals surface area (Å²) >= 11 is 8.36. The summed E-state index contributed by atoms with van der Waals surface area (Å²) in [6.45, 7) is 9.47. The third kappa shape index (κ3) is 6.59. The van der Waals surface area contributed by atoms with Crippen LogP contribution in [-0.4, -0.2) is 52.9 Å². The van der Waals surface area contributed by atoms with Crippen molar-refractivity contribution in [1.29, 1.82) is 0 Å². The van der Waals surface area contributed by atoms with Crippen LogP contribution in [0.15, 0.2) is 6.20 Å². The van der Waals surface area contributed by atoms with Gasteiger partial charge in [0.05, 0.1) is 29.5 Å². The van der Waals surface area contributed by atoms with Gasteiger partial charge in [-0.15, -0.1) is 0 Å². The first-order chi connectivity index (χ1) is 9.95. The smallest absolute Gasteiger partial charge is 0.0834 e. The summed E-state index contributed by atoms with van der Waals surface area (Å²) in [5, 5.41) is 9.46. The first-order valence-electron chi connectivity index (χ1n) is 7.66. The molecular formula is C15H29ClN4S. The predicted octanol–water partition coefficient (Wildman–Crippen LogP) is 3.28. The second-order valence-electron chi connectivity index (χ2n) is 5.79. The lowest BCUT2D eigenvalue weighted by Crippen LogP contribution is -2.29. The highest BCUT2D eigenvalue weighted by molar-refractivity contribution is 7.99. The van der Waals surface area contributed by atoms with Crippen LogP contribution in [0, 0.1) is 0 Å². The van der Waals surface area contributed by atoms with Gasteiger partial charge in [0.25, 0.3) is 0 Å². The largest absolute Gasteiger partial charge is 0.308 e. The maximum Gasteiger partial charge on any atom is 0.0834 e. The summed E-state index contributed by atoms with van der Waals surface area (Å²) in [6, 6.07) is 0.259. The number of likely N-dealkylation sites (N-methyl/N-ethyl adjacent to an activating group) is 1. The van der Waals surface area contributed by atoms with E-state index in [0.29, 0.717) is 5.25 Å². The van der Waals surface area contributed by atoms with Crippen LogP contribution in [-0.2, 0) is 6.54 Å². The number of aromatic nitrogens is 2. The van der Waals surface area contributed by atoms with Crippen LogP contribution in [0.5, 0.6) is 0 Å². The van der Waals surface area contributed by atoms with Crippen molar-refractivity contribution >= 4 is 23.4 Å². The predicted molar refractivity (Wildman–Crippen MR) is 94.4 cm³/mol. The Labute approximate surface area is 138 Å². The molecule has 0 amide bonds. The monoisotopic (exact) mass is 332 g/mol. The lowest BCUT2D eigenvalue weighted by Gasteiger charge is -2.22. The molecule has 6 heteroatoms. The van der Waals surface area contributed by atoms with Gasteiger partial charge in [-0.2, -0.15) is 16.9 Å². The van der Waals surface area contributed by atoms with E-state index in [9.17, 15) is 0 Å². The normalized spacial score (nSPS) is 13.3. The summed E-state index contributed by atoms with van der Waals surface area (Å²) in [5.74, 6) is 1.02. The molecule has 0 saturated heterocycles. The van der Waals surface area contributed by atoms with Crippen LogP contribution >= 0.6 is 23.4 Å². The standard InChI is InChI=1S/C15H29ClN4S/c1-6-7-17-14(11-21-12(2)3)15-13(16)10-18-20(15)9-8-19(4)5/h10,12,14,17H,6-9,11H2,1-5H3. The topological polar surface area (TPSA) is 33.1 Å². The van der Waals surface area contributed by atoms with Gasteiger partial charge in [-0.05, 0) is 32.3 Å². The van der Waals surface area contributed by atoms with Crippen LogP contribution in [0.4, 0.5) is 0 Å². The zero-order valence-electron chi connectivity index (χ0n) is 13.9. The van der Waals surface area contributed by atoms with Crippen molar-refractivity contribution in [3.05, 3.63) is 16.9 Å². The van der Waals surface area contributed by atoms with E-state index in [4.69, 9.17) is 11.6 Å². The van der Waals surface area contributed by atoms with E-state index >= 15 is 0 Å². The van der Waals surface area contributed by atoms with E-state index < -0.39 is 0 Å². The van der Waals surface area contributed by atoms with Crippen LogP contribution in [0.2, 0.25) is 5.02 Å². The zero-order chi connectivity index (χ0) is 15.8. The molecule has 1 unspecified atom stereocenters. The van der Waals surface area contributed by atoms with Gasteiger partial charge >= 0.3 is 0 Å². The Kier molecular flexibility index (Phi) is 8.71. The Balaban J connectivity index is 2.85. The van der Waals surface area contributed by atoms with Gasteiger partial charge in [0.15, 0.2) is 0 Å². The molecule has 0 bridgehead atoms. The molecule has 0 aliphatic heterocycles. The number of rotatable bonds is 10. The third-order valence-corrected chi connectivity index (χ3v) is 4.64. The van der Waals surface area contributed by atoms with Crippen LogP contribution in [0.1, 0.15) is 38.9 Å². The molecule has 0 aliphatic carbocycles. The minimum atomic E-state index is 0.259. The van der Waals surface area contributed by atoms with E-state index in [1.54, 1.807) is 6.20 Å². The number of hydrogen-bond acceptors (Lipinski definition) is 4.